The Morgan fingerprint density at radius 3 is 2.27 bits per heavy atom. The van der Waals surface area contributed by atoms with Crippen molar-refractivity contribution >= 4 is 28.9 Å². The van der Waals surface area contributed by atoms with Gasteiger partial charge in [0.25, 0.3) is 5.69 Å². The highest BCUT2D eigenvalue weighted by Crippen LogP contribution is 2.41. The molecule has 2 unspecified atom stereocenters. The van der Waals surface area contributed by atoms with Gasteiger partial charge in [0.2, 0.25) is 11.8 Å². The standard InChI is InChI=1S/C23H21N3O4/c27-22-18-7-3-4-8-19(18)23(28)25(22)17-9-10-20(21(13-17)26(29)30)24-12-11-15-5-1-2-6-16(15)14-24/h1-6,9-10,13,18-19H,7-8,11-12,14H2. The zero-order chi connectivity index (χ0) is 20.8. The lowest BCUT2D eigenvalue weighted by molar-refractivity contribution is -0.384. The van der Waals surface area contributed by atoms with E-state index in [1.165, 1.54) is 11.6 Å². The Bertz CT molecular complexity index is 1070. The van der Waals surface area contributed by atoms with Crippen molar-refractivity contribution in [3.05, 3.63) is 75.9 Å². The van der Waals surface area contributed by atoms with Crippen molar-refractivity contribution in [2.75, 3.05) is 16.3 Å². The van der Waals surface area contributed by atoms with Crippen molar-refractivity contribution in [1.29, 1.82) is 0 Å². The third-order valence-corrected chi connectivity index (χ3v) is 6.39. The number of anilines is 2. The summed E-state index contributed by atoms with van der Waals surface area (Å²) in [7, 11) is 0. The number of allylic oxidation sites excluding steroid dienone is 2. The zero-order valence-electron chi connectivity index (χ0n) is 16.4. The number of nitro benzene ring substituents is 1. The van der Waals surface area contributed by atoms with E-state index < -0.39 is 4.92 Å². The van der Waals surface area contributed by atoms with Crippen LogP contribution in [0.3, 0.4) is 0 Å². The number of carbonyl (C=O) groups excluding carboxylic acids is 2. The van der Waals surface area contributed by atoms with E-state index in [1.807, 2.05) is 35.3 Å². The summed E-state index contributed by atoms with van der Waals surface area (Å²) in [6.07, 6.45) is 5.75. The molecule has 5 rings (SSSR count). The first kappa shape index (κ1) is 18.5. The van der Waals surface area contributed by atoms with Gasteiger partial charge < -0.3 is 4.90 Å². The first-order valence-electron chi connectivity index (χ1n) is 10.2. The maximum Gasteiger partial charge on any atom is 0.294 e. The molecule has 2 amide bonds. The van der Waals surface area contributed by atoms with Gasteiger partial charge in [-0.25, -0.2) is 4.90 Å². The Hall–Kier alpha value is -3.48. The van der Waals surface area contributed by atoms with Crippen molar-refractivity contribution in [1.82, 2.24) is 0 Å². The van der Waals surface area contributed by atoms with Gasteiger partial charge in [-0.15, -0.1) is 0 Å². The minimum absolute atomic E-state index is 0.0829. The number of hydrogen-bond acceptors (Lipinski definition) is 5. The van der Waals surface area contributed by atoms with E-state index in [9.17, 15) is 19.7 Å². The minimum atomic E-state index is -0.432. The van der Waals surface area contributed by atoms with Crippen LogP contribution in [0.4, 0.5) is 17.1 Å². The second-order valence-corrected chi connectivity index (χ2v) is 8.04. The second kappa shape index (κ2) is 7.09. The summed E-state index contributed by atoms with van der Waals surface area (Å²) in [5.74, 6) is -1.24. The molecule has 0 radical (unpaired) electrons. The van der Waals surface area contributed by atoms with Crippen LogP contribution >= 0.6 is 0 Å². The lowest BCUT2D eigenvalue weighted by Gasteiger charge is -2.30. The van der Waals surface area contributed by atoms with Crippen LogP contribution in [0.2, 0.25) is 0 Å². The second-order valence-electron chi connectivity index (χ2n) is 8.04. The normalized spacial score (nSPS) is 22.8. The Morgan fingerprint density at radius 2 is 1.60 bits per heavy atom. The predicted molar refractivity (Wildman–Crippen MR) is 112 cm³/mol. The SMILES string of the molecule is O=C1C2CC=CCC2C(=O)N1c1ccc(N2CCc3ccccc3C2)c([N+](=O)[O-])c1. The van der Waals surface area contributed by atoms with Gasteiger partial charge in [-0.1, -0.05) is 36.4 Å². The molecule has 3 aliphatic rings. The fourth-order valence-electron chi connectivity index (χ4n) is 4.82. The molecular weight excluding hydrogens is 382 g/mol. The van der Waals surface area contributed by atoms with E-state index in [4.69, 9.17) is 0 Å². The summed E-state index contributed by atoms with van der Waals surface area (Å²) >= 11 is 0. The molecule has 152 valence electrons. The predicted octanol–water partition coefficient (Wildman–Crippen LogP) is 3.61. The molecule has 1 aliphatic carbocycles. The molecule has 30 heavy (non-hydrogen) atoms. The van der Waals surface area contributed by atoms with Crippen LogP contribution in [0, 0.1) is 22.0 Å². The van der Waals surface area contributed by atoms with Crippen molar-refractivity contribution < 1.29 is 14.5 Å². The van der Waals surface area contributed by atoms with E-state index in [-0.39, 0.29) is 35.0 Å². The van der Waals surface area contributed by atoms with E-state index >= 15 is 0 Å². The highest BCUT2D eigenvalue weighted by molar-refractivity contribution is 6.22. The third-order valence-electron chi connectivity index (χ3n) is 6.39. The summed E-state index contributed by atoms with van der Waals surface area (Å²) in [6.45, 7) is 1.27. The molecule has 0 N–H and O–H groups in total. The molecule has 0 bridgehead atoms. The number of nitrogens with zero attached hydrogens (tertiary/aromatic N) is 3. The molecule has 1 fully saturated rings. The average molecular weight is 403 g/mol. The maximum absolute atomic E-state index is 12.8. The van der Waals surface area contributed by atoms with Gasteiger partial charge in [0.15, 0.2) is 0 Å². The number of hydrogen-bond donors (Lipinski definition) is 0. The largest absolute Gasteiger partial charge is 0.361 e. The Labute approximate surface area is 173 Å². The lowest BCUT2D eigenvalue weighted by atomic mass is 9.85. The topological polar surface area (TPSA) is 83.8 Å². The number of rotatable bonds is 3. The number of nitro groups is 1. The van der Waals surface area contributed by atoms with Gasteiger partial charge in [-0.3, -0.25) is 19.7 Å². The molecule has 2 aromatic carbocycles. The molecule has 0 aromatic heterocycles. The van der Waals surface area contributed by atoms with Gasteiger partial charge in [0.1, 0.15) is 5.69 Å². The van der Waals surface area contributed by atoms with Crippen molar-refractivity contribution in [2.45, 2.75) is 25.8 Å². The molecule has 2 aliphatic heterocycles. The summed E-state index contributed by atoms with van der Waals surface area (Å²) in [5.41, 5.74) is 3.13. The van der Waals surface area contributed by atoms with E-state index in [0.717, 1.165) is 16.9 Å². The van der Waals surface area contributed by atoms with Crippen LogP contribution < -0.4 is 9.80 Å². The number of fused-ring (bicyclic) bond motifs is 2. The Balaban J connectivity index is 1.49. The fraction of sp³-hybridized carbons (Fsp3) is 0.304. The van der Waals surface area contributed by atoms with Gasteiger partial charge in [0.05, 0.1) is 22.4 Å². The van der Waals surface area contributed by atoms with Crippen LogP contribution in [0.15, 0.2) is 54.6 Å². The van der Waals surface area contributed by atoms with E-state index in [1.54, 1.807) is 12.1 Å². The monoisotopic (exact) mass is 403 g/mol. The van der Waals surface area contributed by atoms with Gasteiger partial charge in [-0.2, -0.15) is 0 Å². The highest BCUT2D eigenvalue weighted by Gasteiger charge is 2.48. The zero-order valence-corrected chi connectivity index (χ0v) is 16.4. The van der Waals surface area contributed by atoms with Crippen LogP contribution in [-0.2, 0) is 22.6 Å². The molecule has 7 heteroatoms. The van der Waals surface area contributed by atoms with Crippen LogP contribution in [0.25, 0.3) is 0 Å². The van der Waals surface area contributed by atoms with Crippen LogP contribution in [0.5, 0.6) is 0 Å². The summed E-state index contributed by atoms with van der Waals surface area (Å²) in [4.78, 5) is 40.3. The number of imide groups is 1. The number of carbonyl (C=O) groups is 2. The maximum atomic E-state index is 12.8. The van der Waals surface area contributed by atoms with Gasteiger partial charge >= 0.3 is 0 Å². The van der Waals surface area contributed by atoms with Gasteiger partial charge in [0, 0.05) is 19.2 Å². The Morgan fingerprint density at radius 1 is 0.933 bits per heavy atom. The smallest absolute Gasteiger partial charge is 0.294 e. The quantitative estimate of drug-likeness (QED) is 0.338. The summed E-state index contributed by atoms with van der Waals surface area (Å²) in [6, 6.07) is 12.8. The van der Waals surface area contributed by atoms with E-state index in [0.29, 0.717) is 31.6 Å². The molecule has 0 saturated carbocycles. The highest BCUT2D eigenvalue weighted by atomic mass is 16.6. The molecule has 2 heterocycles. The average Bonchev–Trinajstić information content (AvgIpc) is 3.03. The van der Waals surface area contributed by atoms with Gasteiger partial charge in [-0.05, 0) is 42.5 Å². The molecule has 1 saturated heterocycles. The van der Waals surface area contributed by atoms with Crippen molar-refractivity contribution in [3.8, 4) is 0 Å². The number of benzene rings is 2. The molecule has 0 spiro atoms. The summed E-state index contributed by atoms with van der Waals surface area (Å²) in [5, 5.41) is 11.9. The fourth-order valence-corrected chi connectivity index (χ4v) is 4.82. The third kappa shape index (κ3) is 2.89. The molecule has 7 nitrogen and oxygen atoms in total. The first-order chi connectivity index (χ1) is 14.5. The molecular formula is C23H21N3O4. The minimum Gasteiger partial charge on any atom is -0.361 e. The van der Waals surface area contributed by atoms with Crippen molar-refractivity contribution in [2.24, 2.45) is 11.8 Å². The summed E-state index contributed by atoms with van der Waals surface area (Å²) < 4.78 is 0. The molecule has 2 atom stereocenters. The number of amides is 2. The van der Waals surface area contributed by atoms with E-state index in [2.05, 4.69) is 6.07 Å². The molecule has 2 aromatic rings. The first-order valence-corrected chi connectivity index (χ1v) is 10.2. The van der Waals surface area contributed by atoms with Crippen LogP contribution in [0.1, 0.15) is 24.0 Å². The van der Waals surface area contributed by atoms with Crippen molar-refractivity contribution in [3.63, 3.8) is 0 Å². The Kier molecular flexibility index (Phi) is 4.38. The van der Waals surface area contributed by atoms with Crippen LogP contribution in [-0.4, -0.2) is 23.3 Å². The lowest BCUT2D eigenvalue weighted by Crippen LogP contribution is -2.32.